The molecule has 4 atom stereocenters. The van der Waals surface area contributed by atoms with Gasteiger partial charge in [-0.1, -0.05) is 25.0 Å². The first-order valence-corrected chi connectivity index (χ1v) is 8.83. The van der Waals surface area contributed by atoms with Crippen LogP contribution in [0.25, 0.3) is 0 Å². The van der Waals surface area contributed by atoms with Crippen LogP contribution in [0.2, 0.25) is 0 Å². The summed E-state index contributed by atoms with van der Waals surface area (Å²) in [6, 6.07) is -1.51. The molecular formula is C17H29F4NO5. The van der Waals surface area contributed by atoms with Crippen LogP contribution in [-0.2, 0) is 9.53 Å². The molecule has 0 aliphatic rings. The molecule has 0 saturated heterocycles. The highest BCUT2D eigenvalue weighted by Crippen LogP contribution is 2.28. The Balaban J connectivity index is 4.06. The highest BCUT2D eigenvalue weighted by Gasteiger charge is 2.39. The minimum absolute atomic E-state index is 0.0136. The zero-order valence-electron chi connectivity index (χ0n) is 15.2. The quantitative estimate of drug-likeness (QED) is 0.152. The average molecular weight is 403 g/mol. The second-order valence-corrected chi connectivity index (χ2v) is 6.19. The number of nitrogens with two attached hydrogens (primary N) is 1. The first-order valence-electron chi connectivity index (χ1n) is 8.83. The number of rotatable bonds is 14. The van der Waals surface area contributed by atoms with E-state index in [0.717, 1.165) is 0 Å². The average Bonchev–Trinajstić information content (AvgIpc) is 2.61. The van der Waals surface area contributed by atoms with E-state index >= 15 is 0 Å². The van der Waals surface area contributed by atoms with Crippen LogP contribution in [0.4, 0.5) is 17.6 Å². The number of hydrogen-bond acceptors (Lipinski definition) is 6. The summed E-state index contributed by atoms with van der Waals surface area (Å²) in [5.41, 5.74) is 5.44. The van der Waals surface area contributed by atoms with Gasteiger partial charge in [-0.3, -0.25) is 4.79 Å². The third-order valence-electron chi connectivity index (χ3n) is 3.91. The Kier molecular flexibility index (Phi) is 12.4. The van der Waals surface area contributed by atoms with E-state index in [1.54, 1.807) is 6.92 Å². The number of unbranched alkanes of at least 4 members (excludes halogenated alkanes) is 4. The molecule has 10 heteroatoms. The highest BCUT2D eigenvalue weighted by atomic mass is 19.3. The van der Waals surface area contributed by atoms with Crippen molar-refractivity contribution >= 4 is 5.97 Å². The van der Waals surface area contributed by atoms with Crippen molar-refractivity contribution < 1.29 is 42.4 Å². The van der Waals surface area contributed by atoms with Crippen molar-refractivity contribution in [3.63, 3.8) is 0 Å². The molecule has 0 rings (SSSR count). The first kappa shape index (κ1) is 25.8. The van der Waals surface area contributed by atoms with Crippen LogP contribution in [0.15, 0.2) is 12.2 Å². The van der Waals surface area contributed by atoms with Gasteiger partial charge in [-0.25, -0.2) is 17.6 Å². The number of aliphatic hydroxyl groups excluding tert-OH is 3. The fourth-order valence-corrected chi connectivity index (χ4v) is 2.23. The molecule has 0 spiro atoms. The summed E-state index contributed by atoms with van der Waals surface area (Å²) in [4.78, 5) is 11.4. The van der Waals surface area contributed by atoms with Gasteiger partial charge in [0.25, 0.3) is 0 Å². The van der Waals surface area contributed by atoms with Crippen LogP contribution in [0.1, 0.15) is 45.4 Å². The summed E-state index contributed by atoms with van der Waals surface area (Å²) < 4.78 is 53.9. The second kappa shape index (κ2) is 13.0. The van der Waals surface area contributed by atoms with Gasteiger partial charge in [0.2, 0.25) is 0 Å². The summed E-state index contributed by atoms with van der Waals surface area (Å²) in [6.45, 7) is 1.60. The molecule has 0 fully saturated rings. The monoisotopic (exact) mass is 403 g/mol. The molecule has 0 amide bonds. The lowest BCUT2D eigenvalue weighted by Gasteiger charge is -2.24. The molecule has 27 heavy (non-hydrogen) atoms. The van der Waals surface area contributed by atoms with E-state index in [1.165, 1.54) is 12.2 Å². The molecule has 0 bridgehead atoms. The van der Waals surface area contributed by atoms with Gasteiger partial charge in [0.15, 0.2) is 0 Å². The number of alkyl halides is 4. The topological polar surface area (TPSA) is 113 Å². The van der Waals surface area contributed by atoms with Crippen LogP contribution < -0.4 is 5.73 Å². The van der Waals surface area contributed by atoms with Crippen molar-refractivity contribution in [2.75, 3.05) is 6.61 Å². The zero-order valence-corrected chi connectivity index (χ0v) is 15.2. The molecule has 6 nitrogen and oxygen atoms in total. The van der Waals surface area contributed by atoms with Crippen LogP contribution >= 0.6 is 0 Å². The molecule has 5 N–H and O–H groups in total. The summed E-state index contributed by atoms with van der Waals surface area (Å²) in [5.74, 6) is -4.86. The third kappa shape index (κ3) is 10.0. The first-order chi connectivity index (χ1) is 12.5. The molecular weight excluding hydrogens is 374 g/mol. The number of halogens is 4. The lowest BCUT2D eigenvalue weighted by Crippen LogP contribution is -2.52. The number of carbonyl (C=O) groups excluding carboxylic acids is 1. The van der Waals surface area contributed by atoms with Gasteiger partial charge >= 0.3 is 18.3 Å². The third-order valence-corrected chi connectivity index (χ3v) is 3.91. The molecule has 0 aromatic rings. The molecule has 0 saturated carbocycles. The Bertz CT molecular complexity index is 451. The molecule has 160 valence electrons. The Hall–Kier alpha value is -1.23. The largest absolute Gasteiger partial charge is 0.465 e. The van der Waals surface area contributed by atoms with E-state index in [1.807, 2.05) is 0 Å². The second-order valence-electron chi connectivity index (χ2n) is 6.19. The molecule has 0 aliphatic carbocycles. The number of allylic oxidation sites excluding steroid dienone is 1. The van der Waals surface area contributed by atoms with Gasteiger partial charge < -0.3 is 25.8 Å². The van der Waals surface area contributed by atoms with E-state index in [0.29, 0.717) is 25.7 Å². The molecule has 0 aliphatic heterocycles. The van der Waals surface area contributed by atoms with Gasteiger partial charge in [-0.05, 0) is 26.2 Å². The number of hydrogen-bond donors (Lipinski definition) is 4. The van der Waals surface area contributed by atoms with Crippen molar-refractivity contribution in [2.24, 2.45) is 5.73 Å². The van der Waals surface area contributed by atoms with E-state index in [-0.39, 0.29) is 13.0 Å². The summed E-state index contributed by atoms with van der Waals surface area (Å²) >= 11 is 0. The number of aliphatic hydroxyl groups is 3. The number of esters is 1. The van der Waals surface area contributed by atoms with Crippen molar-refractivity contribution in [3.05, 3.63) is 12.2 Å². The van der Waals surface area contributed by atoms with E-state index in [4.69, 9.17) is 5.73 Å². The van der Waals surface area contributed by atoms with E-state index < -0.39 is 49.1 Å². The lowest BCUT2D eigenvalue weighted by atomic mass is 10.0. The summed E-state index contributed by atoms with van der Waals surface area (Å²) in [7, 11) is 0. The standard InChI is InChI=1S/C17H29F4NO5/c1-2-27-15(26)12(22)14(25)13(24)11(23)9-7-5-3-4-6-8-10-17(20,21)16(18)19/h7,9,11-14,16,23-25H,2-6,8,10,22H2,1H3/b9-7+. The predicted molar refractivity (Wildman–Crippen MR) is 90.4 cm³/mol. The Morgan fingerprint density at radius 3 is 2.26 bits per heavy atom. The Morgan fingerprint density at radius 1 is 1.11 bits per heavy atom. The molecule has 0 radical (unpaired) electrons. The van der Waals surface area contributed by atoms with Gasteiger partial charge in [-0.15, -0.1) is 0 Å². The van der Waals surface area contributed by atoms with Crippen LogP contribution in [0.3, 0.4) is 0 Å². The SMILES string of the molecule is CCOC(=O)C(N)C(O)C(O)C(O)/C=C/CCCCCCC(F)(F)C(F)F. The molecule has 4 unspecified atom stereocenters. The van der Waals surface area contributed by atoms with E-state index in [9.17, 15) is 37.7 Å². The van der Waals surface area contributed by atoms with Crippen LogP contribution in [0, 0.1) is 0 Å². The summed E-state index contributed by atoms with van der Waals surface area (Å²) in [6.07, 6.45) is -4.74. The van der Waals surface area contributed by atoms with Crippen LogP contribution in [0.5, 0.6) is 0 Å². The fraction of sp³-hybridized carbons (Fsp3) is 0.824. The minimum atomic E-state index is -3.95. The lowest BCUT2D eigenvalue weighted by molar-refractivity contribution is -0.151. The maximum atomic E-state index is 12.7. The molecule has 0 aromatic heterocycles. The van der Waals surface area contributed by atoms with Crippen molar-refractivity contribution in [1.29, 1.82) is 0 Å². The van der Waals surface area contributed by atoms with Gasteiger partial charge in [0.05, 0.1) is 6.61 Å². The van der Waals surface area contributed by atoms with Crippen molar-refractivity contribution in [1.82, 2.24) is 0 Å². The Labute approximate surface area is 156 Å². The normalized spacial score (nSPS) is 17.1. The van der Waals surface area contributed by atoms with Crippen molar-refractivity contribution in [2.45, 2.75) is 82.2 Å². The number of carbonyl (C=O) groups is 1. The maximum absolute atomic E-state index is 12.7. The zero-order chi connectivity index (χ0) is 21.0. The highest BCUT2D eigenvalue weighted by molar-refractivity contribution is 5.76. The maximum Gasteiger partial charge on any atom is 0.325 e. The Morgan fingerprint density at radius 2 is 1.70 bits per heavy atom. The molecule has 0 heterocycles. The van der Waals surface area contributed by atoms with Gasteiger partial charge in [0, 0.05) is 6.42 Å². The van der Waals surface area contributed by atoms with Gasteiger partial charge in [-0.2, -0.15) is 0 Å². The van der Waals surface area contributed by atoms with E-state index in [2.05, 4.69) is 4.74 Å². The van der Waals surface area contributed by atoms with Crippen molar-refractivity contribution in [3.8, 4) is 0 Å². The summed E-state index contributed by atoms with van der Waals surface area (Å²) in [5, 5.41) is 29.3. The number of ether oxygens (including phenoxy) is 1. The van der Waals surface area contributed by atoms with Gasteiger partial charge in [0.1, 0.15) is 24.4 Å². The minimum Gasteiger partial charge on any atom is -0.465 e. The smallest absolute Gasteiger partial charge is 0.325 e. The van der Waals surface area contributed by atoms with Crippen LogP contribution in [-0.4, -0.2) is 64.6 Å². The fourth-order valence-electron chi connectivity index (χ4n) is 2.23. The predicted octanol–water partition coefficient (Wildman–Crippen LogP) is 1.76. The molecule has 0 aromatic carbocycles.